The zero-order valence-electron chi connectivity index (χ0n) is 19.4. The fourth-order valence-corrected chi connectivity index (χ4v) is 3.72. The van der Waals surface area contributed by atoms with Crippen LogP contribution in [0, 0.1) is 18.3 Å². The summed E-state index contributed by atoms with van der Waals surface area (Å²) in [5.41, 5.74) is 7.11. The minimum Gasteiger partial charge on any atom is -0.380 e. The van der Waals surface area contributed by atoms with Crippen LogP contribution >= 0.6 is 0 Å². The number of hydrogen-bond donors (Lipinski definition) is 3. The van der Waals surface area contributed by atoms with Crippen molar-refractivity contribution >= 4 is 34.4 Å². The number of nitriles is 1. The van der Waals surface area contributed by atoms with Crippen molar-refractivity contribution in [2.75, 3.05) is 25.1 Å². The molecule has 0 atom stereocenters. The number of H-pyrrole nitrogens is 1. The zero-order valence-corrected chi connectivity index (χ0v) is 19.4. The van der Waals surface area contributed by atoms with E-state index in [-0.39, 0.29) is 0 Å². The molecule has 3 aromatic heterocycles. The molecule has 0 unspecified atom stereocenters. The maximum Gasteiger partial charge on any atom is 0.103 e. The Morgan fingerprint density at radius 3 is 2.82 bits per heavy atom. The van der Waals surface area contributed by atoms with Gasteiger partial charge in [-0.25, -0.2) is 0 Å². The summed E-state index contributed by atoms with van der Waals surface area (Å²) < 4.78 is 5.33. The Morgan fingerprint density at radius 2 is 2.03 bits per heavy atom. The number of anilines is 2. The van der Waals surface area contributed by atoms with Gasteiger partial charge in [-0.05, 0) is 61.4 Å². The molecule has 4 aromatic rings. The van der Waals surface area contributed by atoms with E-state index in [0.29, 0.717) is 12.2 Å². The minimum absolute atomic E-state index is 0.483. The van der Waals surface area contributed by atoms with Gasteiger partial charge in [-0.1, -0.05) is 6.07 Å². The maximum absolute atomic E-state index is 9.68. The molecular formula is C27H28N6O. The molecule has 0 fully saturated rings. The van der Waals surface area contributed by atoms with Crippen molar-refractivity contribution in [3.8, 4) is 6.07 Å². The number of aromatic amines is 1. The summed E-state index contributed by atoms with van der Waals surface area (Å²) in [7, 11) is 0. The van der Waals surface area contributed by atoms with Gasteiger partial charge in [0.05, 0.1) is 23.6 Å². The van der Waals surface area contributed by atoms with Crippen molar-refractivity contribution in [3.05, 3.63) is 83.1 Å². The average molecular weight is 453 g/mol. The van der Waals surface area contributed by atoms with Gasteiger partial charge in [0.2, 0.25) is 0 Å². The van der Waals surface area contributed by atoms with Crippen LogP contribution < -0.4 is 10.6 Å². The maximum atomic E-state index is 9.68. The first-order valence-corrected chi connectivity index (χ1v) is 11.3. The molecule has 172 valence electrons. The van der Waals surface area contributed by atoms with E-state index in [1.54, 1.807) is 12.4 Å². The Balaban J connectivity index is 1.51. The summed E-state index contributed by atoms with van der Waals surface area (Å²) in [5.74, 6) is 0. The van der Waals surface area contributed by atoms with E-state index in [9.17, 15) is 5.26 Å². The number of pyridine rings is 2. The van der Waals surface area contributed by atoms with Gasteiger partial charge in [-0.15, -0.1) is 0 Å². The SMILES string of the molecule is CCOCCNCc1ccc(C=Cc2cncc(C#N)c2Nc2ccc3[nH]ccc3c2C)nc1. The van der Waals surface area contributed by atoms with Crippen LogP contribution in [0.2, 0.25) is 0 Å². The highest BCUT2D eigenvalue weighted by Gasteiger charge is 2.11. The number of ether oxygens (including phenoxy) is 1. The first kappa shape index (κ1) is 23.2. The number of fused-ring (bicyclic) bond motifs is 1. The molecule has 0 saturated heterocycles. The second-order valence-electron chi connectivity index (χ2n) is 7.86. The summed E-state index contributed by atoms with van der Waals surface area (Å²) >= 11 is 0. The fraction of sp³-hybridized carbons (Fsp3) is 0.222. The lowest BCUT2D eigenvalue weighted by Gasteiger charge is -2.14. The fourth-order valence-electron chi connectivity index (χ4n) is 3.72. The lowest BCUT2D eigenvalue weighted by atomic mass is 10.1. The van der Waals surface area contributed by atoms with Crippen LogP contribution in [0.5, 0.6) is 0 Å². The van der Waals surface area contributed by atoms with Crippen LogP contribution in [0.15, 0.2) is 55.1 Å². The topological polar surface area (TPSA) is 98.6 Å². The van der Waals surface area contributed by atoms with E-state index < -0.39 is 0 Å². The molecule has 0 spiro atoms. The molecule has 0 amide bonds. The highest BCUT2D eigenvalue weighted by atomic mass is 16.5. The Bertz CT molecular complexity index is 1320. The van der Waals surface area contributed by atoms with E-state index in [2.05, 4.69) is 50.7 Å². The smallest absolute Gasteiger partial charge is 0.103 e. The summed E-state index contributed by atoms with van der Waals surface area (Å²) in [6.07, 6.45) is 11.0. The molecule has 0 saturated carbocycles. The third-order valence-corrected chi connectivity index (χ3v) is 5.60. The standard InChI is InChI=1S/C27H28N6O/c1-3-34-13-12-29-15-20-4-6-23(32-16-20)7-5-21-17-30-18-22(14-28)27(21)33-25-8-9-26-24(19(25)2)10-11-31-26/h4-11,16-18,29,31H,3,12-13,15H2,1-2H3,(H,30,33). The van der Waals surface area contributed by atoms with E-state index in [0.717, 1.165) is 64.4 Å². The molecule has 0 aliphatic carbocycles. The van der Waals surface area contributed by atoms with E-state index >= 15 is 0 Å². The largest absolute Gasteiger partial charge is 0.380 e. The van der Waals surface area contributed by atoms with Crippen LogP contribution in [0.4, 0.5) is 11.4 Å². The molecule has 7 heteroatoms. The first-order chi connectivity index (χ1) is 16.7. The van der Waals surface area contributed by atoms with Crippen molar-refractivity contribution in [1.29, 1.82) is 5.26 Å². The van der Waals surface area contributed by atoms with Gasteiger partial charge in [0.15, 0.2) is 0 Å². The van der Waals surface area contributed by atoms with E-state index in [1.807, 2.05) is 49.7 Å². The Morgan fingerprint density at radius 1 is 1.12 bits per heavy atom. The predicted octanol–water partition coefficient (Wildman–Crippen LogP) is 5.18. The van der Waals surface area contributed by atoms with Crippen LogP contribution in [0.3, 0.4) is 0 Å². The number of aryl methyl sites for hydroxylation is 1. The lowest BCUT2D eigenvalue weighted by Crippen LogP contribution is -2.19. The van der Waals surface area contributed by atoms with Crippen molar-refractivity contribution < 1.29 is 4.74 Å². The monoisotopic (exact) mass is 452 g/mol. The van der Waals surface area contributed by atoms with Gasteiger partial charge in [0.25, 0.3) is 0 Å². The van der Waals surface area contributed by atoms with Gasteiger partial charge in [0.1, 0.15) is 6.07 Å². The van der Waals surface area contributed by atoms with Crippen molar-refractivity contribution in [3.63, 3.8) is 0 Å². The van der Waals surface area contributed by atoms with Gasteiger partial charge in [0, 0.05) is 66.6 Å². The van der Waals surface area contributed by atoms with Crippen LogP contribution in [0.25, 0.3) is 23.1 Å². The van der Waals surface area contributed by atoms with Gasteiger partial charge < -0.3 is 20.4 Å². The third kappa shape index (κ3) is 5.49. The van der Waals surface area contributed by atoms with Gasteiger partial charge in [-0.3, -0.25) is 9.97 Å². The first-order valence-electron chi connectivity index (χ1n) is 11.3. The van der Waals surface area contributed by atoms with Gasteiger partial charge in [-0.2, -0.15) is 5.26 Å². The highest BCUT2D eigenvalue weighted by Crippen LogP contribution is 2.31. The van der Waals surface area contributed by atoms with Crippen LogP contribution in [-0.4, -0.2) is 34.7 Å². The van der Waals surface area contributed by atoms with Crippen LogP contribution in [-0.2, 0) is 11.3 Å². The highest BCUT2D eigenvalue weighted by molar-refractivity contribution is 5.90. The molecule has 0 aliphatic rings. The predicted molar refractivity (Wildman–Crippen MR) is 137 cm³/mol. The summed E-state index contributed by atoms with van der Waals surface area (Å²) in [5, 5.41) is 17.6. The number of rotatable bonds is 10. The number of nitrogens with one attached hydrogen (secondary N) is 3. The quantitative estimate of drug-likeness (QED) is 0.287. The summed E-state index contributed by atoms with van der Waals surface area (Å²) in [4.78, 5) is 12.0. The molecule has 34 heavy (non-hydrogen) atoms. The second kappa shape index (κ2) is 11.2. The average Bonchev–Trinajstić information content (AvgIpc) is 3.35. The normalized spacial score (nSPS) is 11.2. The molecule has 3 heterocycles. The molecule has 4 rings (SSSR count). The number of aromatic nitrogens is 3. The van der Waals surface area contributed by atoms with Crippen LogP contribution in [0.1, 0.15) is 34.9 Å². The molecular weight excluding hydrogens is 424 g/mol. The van der Waals surface area contributed by atoms with Crippen molar-refractivity contribution in [2.24, 2.45) is 0 Å². The lowest BCUT2D eigenvalue weighted by molar-refractivity contribution is 0.149. The molecule has 0 bridgehead atoms. The molecule has 7 nitrogen and oxygen atoms in total. The van der Waals surface area contributed by atoms with Gasteiger partial charge >= 0.3 is 0 Å². The number of benzene rings is 1. The minimum atomic E-state index is 0.483. The molecule has 0 aliphatic heterocycles. The molecule has 0 radical (unpaired) electrons. The number of hydrogen-bond acceptors (Lipinski definition) is 6. The van der Waals surface area contributed by atoms with E-state index in [1.165, 1.54) is 0 Å². The number of nitrogens with zero attached hydrogens (tertiary/aromatic N) is 3. The van der Waals surface area contributed by atoms with Crippen molar-refractivity contribution in [2.45, 2.75) is 20.4 Å². The summed E-state index contributed by atoms with van der Waals surface area (Å²) in [6.45, 7) is 7.05. The molecule has 1 aromatic carbocycles. The van der Waals surface area contributed by atoms with Crippen molar-refractivity contribution in [1.82, 2.24) is 20.3 Å². The molecule has 3 N–H and O–H groups in total. The zero-order chi connectivity index (χ0) is 23.8. The van der Waals surface area contributed by atoms with E-state index in [4.69, 9.17) is 4.74 Å². The second-order valence-corrected chi connectivity index (χ2v) is 7.86. The Labute approximate surface area is 199 Å². The Kier molecular flexibility index (Phi) is 7.66. The third-order valence-electron chi connectivity index (χ3n) is 5.60. The summed E-state index contributed by atoms with van der Waals surface area (Å²) in [6, 6.07) is 12.4. The Hall–Kier alpha value is -3.99.